The van der Waals surface area contributed by atoms with Gasteiger partial charge in [-0.1, -0.05) is 36.4 Å². The van der Waals surface area contributed by atoms with Crippen molar-refractivity contribution in [2.45, 2.75) is 12.5 Å². The number of halogens is 5. The Balaban J connectivity index is 1.67. The Morgan fingerprint density at radius 2 is 1.53 bits per heavy atom. The molecule has 3 aromatic rings. The zero-order chi connectivity index (χ0) is 21.5. The zero-order valence-electron chi connectivity index (χ0n) is 15.0. The summed E-state index contributed by atoms with van der Waals surface area (Å²) < 4.78 is 74.9. The van der Waals surface area contributed by atoms with E-state index >= 15 is 0 Å². The molecule has 1 aliphatic heterocycles. The monoisotopic (exact) mass is 421 g/mol. The Bertz CT molecular complexity index is 1130. The van der Waals surface area contributed by atoms with Crippen LogP contribution in [0.3, 0.4) is 0 Å². The number of hydrogen-bond acceptors (Lipinski definition) is 3. The average Bonchev–Trinajstić information content (AvgIpc) is 3.00. The highest BCUT2D eigenvalue weighted by atomic mass is 19.4. The first-order chi connectivity index (χ1) is 14.1. The van der Waals surface area contributed by atoms with Crippen LogP contribution < -0.4 is 14.8 Å². The van der Waals surface area contributed by atoms with Crippen molar-refractivity contribution >= 4 is 11.6 Å². The number of alkyl halides is 5. The smallest absolute Gasteiger partial charge is 0.395 e. The predicted octanol–water partition coefficient (Wildman–Crippen LogP) is 5.95. The van der Waals surface area contributed by atoms with Crippen molar-refractivity contribution in [1.29, 1.82) is 0 Å². The molecule has 0 atom stereocenters. The van der Waals surface area contributed by atoms with E-state index in [0.717, 1.165) is 12.1 Å². The summed E-state index contributed by atoms with van der Waals surface area (Å²) in [5.74, 6) is -1.30. The zero-order valence-corrected chi connectivity index (χ0v) is 15.0. The van der Waals surface area contributed by atoms with Gasteiger partial charge in [0.2, 0.25) is 0 Å². The molecule has 30 heavy (non-hydrogen) atoms. The third-order valence-electron chi connectivity index (χ3n) is 4.36. The number of hydrogen-bond donors (Lipinski definition) is 1. The van der Waals surface area contributed by atoms with Crippen molar-refractivity contribution in [3.63, 3.8) is 0 Å². The Kier molecular flexibility index (Phi) is 4.60. The summed E-state index contributed by atoms with van der Waals surface area (Å²) in [6.07, 6.45) is -8.48. The Labute approximate surface area is 166 Å². The molecule has 0 bridgehead atoms. The van der Waals surface area contributed by atoms with Crippen LogP contribution in [-0.4, -0.2) is 12.2 Å². The third kappa shape index (κ3) is 3.78. The minimum atomic E-state index is -4.70. The van der Waals surface area contributed by atoms with Gasteiger partial charge in [0.1, 0.15) is 0 Å². The molecule has 0 unspecified atom stereocenters. The van der Waals surface area contributed by atoms with Crippen LogP contribution in [0.4, 0.5) is 27.6 Å². The molecule has 1 amide bonds. The maximum absolute atomic E-state index is 13.3. The standard InChI is InChI=1S/C21H12F5NO3/c22-20(23,24)15-7-3-1-6-14(15)19(28)27-16-8-4-2-5-13(16)12-9-10-17-18(11-12)30-21(25,26)29-17/h1-11H,(H,27,28). The summed E-state index contributed by atoms with van der Waals surface area (Å²) in [5.41, 5.74) is -0.604. The molecule has 154 valence electrons. The molecule has 0 aliphatic carbocycles. The second-order valence-electron chi connectivity index (χ2n) is 6.37. The summed E-state index contributed by atoms with van der Waals surface area (Å²) >= 11 is 0. The molecule has 1 N–H and O–H groups in total. The van der Waals surface area contributed by atoms with Crippen LogP contribution in [0.2, 0.25) is 0 Å². The van der Waals surface area contributed by atoms with Gasteiger partial charge >= 0.3 is 12.5 Å². The van der Waals surface area contributed by atoms with E-state index in [1.165, 1.54) is 36.4 Å². The van der Waals surface area contributed by atoms with Crippen LogP contribution in [0, 0.1) is 0 Å². The first-order valence-electron chi connectivity index (χ1n) is 8.61. The van der Waals surface area contributed by atoms with Gasteiger partial charge in [-0.2, -0.15) is 13.2 Å². The number of rotatable bonds is 3. The maximum atomic E-state index is 13.3. The summed E-state index contributed by atoms with van der Waals surface area (Å²) in [4.78, 5) is 12.6. The van der Waals surface area contributed by atoms with E-state index < -0.39 is 29.5 Å². The van der Waals surface area contributed by atoms with E-state index in [1.54, 1.807) is 18.2 Å². The van der Waals surface area contributed by atoms with Crippen molar-refractivity contribution in [3.05, 3.63) is 77.9 Å². The van der Waals surface area contributed by atoms with E-state index in [1.807, 2.05) is 0 Å². The molecule has 4 nitrogen and oxygen atoms in total. The molecule has 1 aliphatic rings. The maximum Gasteiger partial charge on any atom is 0.586 e. The van der Waals surface area contributed by atoms with E-state index in [-0.39, 0.29) is 17.2 Å². The SMILES string of the molecule is O=C(Nc1ccccc1-c1ccc2c(c1)OC(F)(F)O2)c1ccccc1C(F)(F)F. The number of fused-ring (bicyclic) bond motifs is 1. The number of carbonyl (C=O) groups is 1. The summed E-state index contributed by atoms with van der Waals surface area (Å²) in [7, 11) is 0. The lowest BCUT2D eigenvalue weighted by Gasteiger charge is -2.15. The highest BCUT2D eigenvalue weighted by Crippen LogP contribution is 2.44. The molecule has 3 aromatic carbocycles. The Morgan fingerprint density at radius 3 is 2.30 bits per heavy atom. The van der Waals surface area contributed by atoms with E-state index in [4.69, 9.17) is 0 Å². The lowest BCUT2D eigenvalue weighted by molar-refractivity contribution is -0.286. The number of amides is 1. The Hall–Kier alpha value is -3.62. The third-order valence-corrected chi connectivity index (χ3v) is 4.36. The van der Waals surface area contributed by atoms with Gasteiger partial charge in [-0.25, -0.2) is 0 Å². The van der Waals surface area contributed by atoms with Crippen LogP contribution in [0.5, 0.6) is 11.5 Å². The highest BCUT2D eigenvalue weighted by Gasteiger charge is 2.43. The van der Waals surface area contributed by atoms with Crippen LogP contribution >= 0.6 is 0 Å². The largest absolute Gasteiger partial charge is 0.586 e. The van der Waals surface area contributed by atoms with E-state index in [9.17, 15) is 26.7 Å². The molecule has 9 heteroatoms. The van der Waals surface area contributed by atoms with Crippen molar-refractivity contribution in [1.82, 2.24) is 0 Å². The van der Waals surface area contributed by atoms with Crippen molar-refractivity contribution in [2.24, 2.45) is 0 Å². The highest BCUT2D eigenvalue weighted by molar-refractivity contribution is 6.07. The van der Waals surface area contributed by atoms with Crippen LogP contribution in [0.25, 0.3) is 11.1 Å². The quantitative estimate of drug-likeness (QED) is 0.532. The molecular formula is C21H12F5NO3. The van der Waals surface area contributed by atoms with Crippen LogP contribution in [0.1, 0.15) is 15.9 Å². The summed E-state index contributed by atoms with van der Waals surface area (Å²) in [6.45, 7) is 0. The molecule has 4 rings (SSSR count). The van der Waals surface area contributed by atoms with Crippen molar-refractivity contribution in [3.8, 4) is 22.6 Å². The minimum absolute atomic E-state index is 0.149. The molecular weight excluding hydrogens is 409 g/mol. The number of para-hydroxylation sites is 1. The van der Waals surface area contributed by atoms with Crippen molar-refractivity contribution in [2.75, 3.05) is 5.32 Å². The van der Waals surface area contributed by atoms with Crippen LogP contribution in [0.15, 0.2) is 66.7 Å². The molecule has 0 saturated carbocycles. The first kappa shape index (κ1) is 19.7. The predicted molar refractivity (Wildman–Crippen MR) is 97.5 cm³/mol. The normalized spacial score (nSPS) is 14.4. The lowest BCUT2D eigenvalue weighted by atomic mass is 10.0. The van der Waals surface area contributed by atoms with Gasteiger partial charge in [0.05, 0.1) is 11.1 Å². The van der Waals surface area contributed by atoms with Gasteiger partial charge in [0.25, 0.3) is 5.91 Å². The number of benzene rings is 3. The summed E-state index contributed by atoms with van der Waals surface area (Å²) in [5, 5.41) is 2.46. The molecule has 1 heterocycles. The van der Waals surface area contributed by atoms with Crippen molar-refractivity contribution < 1.29 is 36.2 Å². The van der Waals surface area contributed by atoms with E-state index in [2.05, 4.69) is 14.8 Å². The number of carbonyl (C=O) groups excluding carboxylic acids is 1. The second-order valence-corrected chi connectivity index (χ2v) is 6.37. The molecule has 0 fully saturated rings. The fourth-order valence-corrected chi connectivity index (χ4v) is 3.08. The number of nitrogens with one attached hydrogen (secondary N) is 1. The first-order valence-corrected chi connectivity index (χ1v) is 8.61. The fourth-order valence-electron chi connectivity index (χ4n) is 3.08. The molecule has 0 spiro atoms. The van der Waals surface area contributed by atoms with E-state index in [0.29, 0.717) is 11.1 Å². The minimum Gasteiger partial charge on any atom is -0.395 e. The van der Waals surface area contributed by atoms with Gasteiger partial charge in [0, 0.05) is 11.3 Å². The van der Waals surface area contributed by atoms with Crippen LogP contribution in [-0.2, 0) is 6.18 Å². The van der Waals surface area contributed by atoms with Gasteiger partial charge in [0.15, 0.2) is 11.5 Å². The number of ether oxygens (including phenoxy) is 2. The van der Waals surface area contributed by atoms with Gasteiger partial charge < -0.3 is 14.8 Å². The Morgan fingerprint density at radius 1 is 0.867 bits per heavy atom. The molecule has 0 saturated heterocycles. The molecule has 0 aromatic heterocycles. The van der Waals surface area contributed by atoms with Gasteiger partial charge in [-0.3, -0.25) is 4.79 Å². The summed E-state index contributed by atoms with van der Waals surface area (Å²) in [6, 6.07) is 14.7. The average molecular weight is 421 g/mol. The number of anilines is 1. The van der Waals surface area contributed by atoms with Gasteiger partial charge in [-0.15, -0.1) is 8.78 Å². The van der Waals surface area contributed by atoms with Gasteiger partial charge in [-0.05, 0) is 35.9 Å². The fraction of sp³-hybridized carbons (Fsp3) is 0.0952. The topological polar surface area (TPSA) is 47.6 Å². The molecule has 0 radical (unpaired) electrons. The lowest BCUT2D eigenvalue weighted by Crippen LogP contribution is -2.25. The second kappa shape index (κ2) is 7.01.